The molecule has 1 heterocycles. The molecular formula is C16H25ClN2O3S. The molecular weight excluding hydrogens is 336 g/mol. The molecule has 0 saturated heterocycles. The minimum Gasteiger partial charge on any atom is -0.352 e. The highest BCUT2D eigenvalue weighted by atomic mass is 35.5. The van der Waals surface area contributed by atoms with Crippen LogP contribution in [0.2, 0.25) is 0 Å². The van der Waals surface area contributed by atoms with Gasteiger partial charge in [-0.2, -0.15) is 0 Å². The maximum Gasteiger partial charge on any atom is 0.221 e. The molecule has 0 atom stereocenters. The number of benzene rings is 1. The van der Waals surface area contributed by atoms with Gasteiger partial charge in [-0.15, -0.1) is 12.4 Å². The number of carbonyl (C=O) groups is 1. The van der Waals surface area contributed by atoms with Crippen LogP contribution in [0.4, 0.5) is 0 Å². The Hall–Kier alpha value is -1.11. The quantitative estimate of drug-likeness (QED) is 0.777. The standard InChI is InChI=1S/C16H24N2O3S.ClH/c1-12(2)11-22(20,21)6-5-16(19)18-8-13-3-4-14-9-17-10-15(14)7-13;/h3-4,7,12,17H,5-6,8-11H2,1-2H3,(H,18,19);1H. The average Bonchev–Trinajstić information content (AvgIpc) is 2.89. The van der Waals surface area contributed by atoms with E-state index in [4.69, 9.17) is 0 Å². The lowest BCUT2D eigenvalue weighted by Crippen LogP contribution is -2.26. The van der Waals surface area contributed by atoms with E-state index in [9.17, 15) is 13.2 Å². The van der Waals surface area contributed by atoms with E-state index in [1.54, 1.807) is 0 Å². The predicted molar refractivity (Wildman–Crippen MR) is 94.2 cm³/mol. The highest BCUT2D eigenvalue weighted by Crippen LogP contribution is 2.16. The molecule has 0 aromatic heterocycles. The lowest BCUT2D eigenvalue weighted by atomic mass is 10.1. The van der Waals surface area contributed by atoms with Gasteiger partial charge in [0.25, 0.3) is 0 Å². The van der Waals surface area contributed by atoms with Crippen LogP contribution >= 0.6 is 12.4 Å². The molecule has 130 valence electrons. The molecule has 0 unspecified atom stereocenters. The van der Waals surface area contributed by atoms with E-state index in [-0.39, 0.29) is 42.2 Å². The minimum atomic E-state index is -3.14. The average molecular weight is 361 g/mol. The second-order valence-corrected chi connectivity index (χ2v) is 8.47. The van der Waals surface area contributed by atoms with Gasteiger partial charge >= 0.3 is 0 Å². The predicted octanol–water partition coefficient (Wildman–Crippen LogP) is 1.79. The SMILES string of the molecule is CC(C)CS(=O)(=O)CCC(=O)NCc1ccc2c(c1)CNC2.Cl. The molecule has 0 aliphatic carbocycles. The van der Waals surface area contributed by atoms with Crippen molar-refractivity contribution in [3.8, 4) is 0 Å². The number of sulfone groups is 1. The first kappa shape index (κ1) is 19.9. The van der Waals surface area contributed by atoms with Crippen molar-refractivity contribution >= 4 is 28.2 Å². The fourth-order valence-corrected chi connectivity index (χ4v) is 4.27. The molecule has 1 aromatic carbocycles. The van der Waals surface area contributed by atoms with E-state index in [0.717, 1.165) is 18.7 Å². The van der Waals surface area contributed by atoms with Gasteiger partial charge in [-0.1, -0.05) is 32.0 Å². The Bertz CT molecular complexity index is 645. The molecule has 2 rings (SSSR count). The van der Waals surface area contributed by atoms with Crippen LogP contribution in [0.15, 0.2) is 18.2 Å². The van der Waals surface area contributed by atoms with Gasteiger partial charge < -0.3 is 10.6 Å². The Morgan fingerprint density at radius 3 is 2.65 bits per heavy atom. The monoisotopic (exact) mass is 360 g/mol. The minimum absolute atomic E-state index is 0. The number of nitrogens with one attached hydrogen (secondary N) is 2. The molecule has 0 bridgehead atoms. The first-order chi connectivity index (χ1) is 10.4. The van der Waals surface area contributed by atoms with Crippen molar-refractivity contribution in [2.45, 2.75) is 39.9 Å². The van der Waals surface area contributed by atoms with Crippen LogP contribution in [0.5, 0.6) is 0 Å². The number of amides is 1. The van der Waals surface area contributed by atoms with Crippen LogP contribution in [0.25, 0.3) is 0 Å². The zero-order valence-electron chi connectivity index (χ0n) is 13.6. The summed E-state index contributed by atoms with van der Waals surface area (Å²) >= 11 is 0. The van der Waals surface area contributed by atoms with Crippen LogP contribution in [0, 0.1) is 5.92 Å². The Labute approximate surface area is 144 Å². The van der Waals surface area contributed by atoms with E-state index in [2.05, 4.69) is 22.8 Å². The van der Waals surface area contributed by atoms with Gasteiger partial charge in [-0.3, -0.25) is 4.79 Å². The third-order valence-electron chi connectivity index (χ3n) is 3.62. The normalized spacial score (nSPS) is 13.5. The fraction of sp³-hybridized carbons (Fsp3) is 0.562. The van der Waals surface area contributed by atoms with Crippen LogP contribution in [-0.4, -0.2) is 25.8 Å². The van der Waals surface area contributed by atoms with Gasteiger partial charge in [-0.05, 0) is 22.6 Å². The largest absolute Gasteiger partial charge is 0.352 e. The summed E-state index contributed by atoms with van der Waals surface area (Å²) < 4.78 is 23.5. The third kappa shape index (κ3) is 6.49. The second-order valence-electron chi connectivity index (χ2n) is 6.24. The number of rotatable bonds is 7. The molecule has 7 heteroatoms. The number of carbonyl (C=O) groups excluding carboxylic acids is 1. The Kier molecular flexibility index (Phi) is 7.51. The van der Waals surface area contributed by atoms with Crippen molar-refractivity contribution < 1.29 is 13.2 Å². The molecule has 0 radical (unpaired) electrons. The van der Waals surface area contributed by atoms with E-state index < -0.39 is 9.84 Å². The van der Waals surface area contributed by atoms with E-state index in [1.807, 2.05) is 19.9 Å². The Morgan fingerprint density at radius 2 is 1.96 bits per heavy atom. The lowest BCUT2D eigenvalue weighted by Gasteiger charge is -2.09. The summed E-state index contributed by atoms with van der Waals surface area (Å²) in [5.74, 6) is -0.0671. The van der Waals surface area contributed by atoms with Crippen LogP contribution in [0.1, 0.15) is 37.0 Å². The van der Waals surface area contributed by atoms with E-state index in [0.29, 0.717) is 6.54 Å². The number of fused-ring (bicyclic) bond motifs is 1. The molecule has 0 spiro atoms. The van der Waals surface area contributed by atoms with Crippen LogP contribution in [0.3, 0.4) is 0 Å². The highest BCUT2D eigenvalue weighted by molar-refractivity contribution is 7.91. The van der Waals surface area contributed by atoms with Crippen LogP contribution in [-0.2, 0) is 34.3 Å². The van der Waals surface area contributed by atoms with Crippen LogP contribution < -0.4 is 10.6 Å². The summed E-state index contributed by atoms with van der Waals surface area (Å²) in [6, 6.07) is 6.16. The van der Waals surface area contributed by atoms with Gasteiger partial charge in [-0.25, -0.2) is 8.42 Å². The van der Waals surface area contributed by atoms with E-state index in [1.165, 1.54) is 11.1 Å². The molecule has 0 fully saturated rings. The van der Waals surface area contributed by atoms with E-state index >= 15 is 0 Å². The van der Waals surface area contributed by atoms with Crippen molar-refractivity contribution in [2.75, 3.05) is 11.5 Å². The zero-order valence-corrected chi connectivity index (χ0v) is 15.2. The first-order valence-electron chi connectivity index (χ1n) is 7.64. The van der Waals surface area contributed by atoms with Gasteiger partial charge in [0.05, 0.1) is 11.5 Å². The first-order valence-corrected chi connectivity index (χ1v) is 9.46. The summed E-state index contributed by atoms with van der Waals surface area (Å²) in [4.78, 5) is 11.8. The lowest BCUT2D eigenvalue weighted by molar-refractivity contribution is -0.120. The molecule has 0 saturated carbocycles. The summed E-state index contributed by atoms with van der Waals surface area (Å²) in [6.45, 7) is 5.93. The summed E-state index contributed by atoms with van der Waals surface area (Å²) in [7, 11) is -3.14. The van der Waals surface area contributed by atoms with Gasteiger partial charge in [0, 0.05) is 26.1 Å². The second kappa shape index (κ2) is 8.66. The van der Waals surface area contributed by atoms with Crippen molar-refractivity contribution in [3.63, 3.8) is 0 Å². The molecule has 1 amide bonds. The topological polar surface area (TPSA) is 75.3 Å². The molecule has 1 aromatic rings. The van der Waals surface area contributed by atoms with Crippen molar-refractivity contribution in [1.82, 2.24) is 10.6 Å². The molecule has 5 nitrogen and oxygen atoms in total. The maximum atomic E-state index is 11.8. The van der Waals surface area contributed by atoms with Crippen molar-refractivity contribution in [2.24, 2.45) is 5.92 Å². The van der Waals surface area contributed by atoms with Gasteiger partial charge in [0.15, 0.2) is 9.84 Å². The van der Waals surface area contributed by atoms with Gasteiger partial charge in [0.2, 0.25) is 5.91 Å². The summed E-state index contributed by atoms with van der Waals surface area (Å²) in [6.07, 6.45) is 0.0293. The maximum absolute atomic E-state index is 11.8. The Balaban J connectivity index is 0.00000264. The summed E-state index contributed by atoms with van der Waals surface area (Å²) in [5, 5.41) is 6.07. The zero-order chi connectivity index (χ0) is 16.2. The van der Waals surface area contributed by atoms with Crippen molar-refractivity contribution in [1.29, 1.82) is 0 Å². The van der Waals surface area contributed by atoms with Gasteiger partial charge in [0.1, 0.15) is 0 Å². The van der Waals surface area contributed by atoms with Crippen molar-refractivity contribution in [3.05, 3.63) is 34.9 Å². The fourth-order valence-electron chi connectivity index (χ4n) is 2.59. The number of hydrogen-bond donors (Lipinski definition) is 2. The number of halogens is 1. The number of hydrogen-bond acceptors (Lipinski definition) is 4. The molecule has 1 aliphatic rings. The molecule has 23 heavy (non-hydrogen) atoms. The molecule has 2 N–H and O–H groups in total. The Morgan fingerprint density at radius 1 is 1.26 bits per heavy atom. The highest BCUT2D eigenvalue weighted by Gasteiger charge is 2.15. The third-order valence-corrected chi connectivity index (χ3v) is 5.62. The summed E-state index contributed by atoms with van der Waals surface area (Å²) in [5.41, 5.74) is 3.61. The smallest absolute Gasteiger partial charge is 0.221 e. The molecule has 1 aliphatic heterocycles.